The number of aliphatic imine (C=N–C) groups is 3. The summed E-state index contributed by atoms with van der Waals surface area (Å²) in [6.45, 7) is 4.06. The van der Waals surface area contributed by atoms with Gasteiger partial charge < -0.3 is 15.8 Å². The van der Waals surface area contributed by atoms with Crippen LogP contribution in [0.25, 0.3) is 0 Å². The van der Waals surface area contributed by atoms with Gasteiger partial charge in [-0.2, -0.15) is 4.99 Å². The maximum absolute atomic E-state index is 12.7. The third-order valence-electron chi connectivity index (χ3n) is 5.67. The molecule has 1 saturated heterocycles. The summed E-state index contributed by atoms with van der Waals surface area (Å²) in [6.07, 6.45) is -3.60. The van der Waals surface area contributed by atoms with Crippen LogP contribution in [0.5, 0.6) is 5.75 Å². The molecule has 1 heterocycles. The van der Waals surface area contributed by atoms with Crippen molar-refractivity contribution in [1.29, 1.82) is 0 Å². The lowest BCUT2D eigenvalue weighted by molar-refractivity contribution is -0.274. The number of nitrogens with two attached hydrogens (primary N) is 1. The first kappa shape index (κ1) is 29.3. The number of amides is 3. The Kier molecular flexibility index (Phi) is 9.07. The molecule has 3 aromatic rings. The van der Waals surface area contributed by atoms with E-state index in [1.54, 1.807) is 24.3 Å². The molecular formula is C28H25F3N6O3S. The van der Waals surface area contributed by atoms with Crippen molar-refractivity contribution in [3.8, 4) is 5.75 Å². The second-order valence-electron chi connectivity index (χ2n) is 8.93. The molecule has 41 heavy (non-hydrogen) atoms. The summed E-state index contributed by atoms with van der Waals surface area (Å²) in [5.74, 6) is -0.0162. The smallest absolute Gasteiger partial charge is 0.406 e. The van der Waals surface area contributed by atoms with Crippen LogP contribution in [-0.4, -0.2) is 41.4 Å². The predicted octanol–water partition coefficient (Wildman–Crippen LogP) is 6.44. The number of para-hydroxylation sites is 1. The number of hydrogen-bond acceptors (Lipinski definition) is 5. The lowest BCUT2D eigenvalue weighted by atomic mass is 10.0. The Morgan fingerprint density at radius 1 is 1.07 bits per heavy atom. The van der Waals surface area contributed by atoms with Crippen molar-refractivity contribution in [2.24, 2.45) is 20.7 Å². The normalized spacial score (nSPS) is 15.3. The molecule has 212 valence electrons. The molecule has 0 bridgehead atoms. The highest BCUT2D eigenvalue weighted by molar-refractivity contribution is 8.15. The first-order valence-electron chi connectivity index (χ1n) is 12.3. The largest absolute Gasteiger partial charge is 0.573 e. The number of hydrogen-bond donors (Lipinski definition) is 2. The number of benzene rings is 3. The van der Waals surface area contributed by atoms with E-state index in [1.807, 2.05) is 38.1 Å². The zero-order chi connectivity index (χ0) is 29.6. The minimum Gasteiger partial charge on any atom is -0.406 e. The Morgan fingerprint density at radius 3 is 2.41 bits per heavy atom. The predicted molar refractivity (Wildman–Crippen MR) is 155 cm³/mol. The maximum Gasteiger partial charge on any atom is 0.573 e. The number of alkyl halides is 3. The fraction of sp³-hybridized carbons (Fsp3) is 0.179. The number of rotatable bonds is 7. The van der Waals surface area contributed by atoms with Crippen LogP contribution in [0, 0.1) is 0 Å². The van der Waals surface area contributed by atoms with Crippen LogP contribution in [0.4, 0.5) is 35.0 Å². The monoisotopic (exact) mass is 582 g/mol. The summed E-state index contributed by atoms with van der Waals surface area (Å²) in [7, 11) is 0. The van der Waals surface area contributed by atoms with E-state index in [-0.39, 0.29) is 29.2 Å². The van der Waals surface area contributed by atoms with E-state index in [2.05, 4.69) is 25.0 Å². The van der Waals surface area contributed by atoms with Crippen molar-refractivity contribution in [3.05, 3.63) is 83.9 Å². The Bertz CT molecular complexity index is 1500. The van der Waals surface area contributed by atoms with E-state index in [9.17, 15) is 22.8 Å². The van der Waals surface area contributed by atoms with Crippen molar-refractivity contribution < 1.29 is 27.5 Å². The standard InChI is InChI=1S/C28H25F3N6O3S/c1-17(2)22-5-3-4-6-23(22)37-24(38)15-41-27(37)36-26(39)35-20-9-7-18(8-10-20)25(32)34-16-33-19-11-13-21(14-12-19)40-28(29,30)31/h3-14,16-17H,15H2,1-2H3,(H,35,39)(H2,32,33,34)/b36-27+. The second kappa shape index (κ2) is 12.7. The van der Waals surface area contributed by atoms with E-state index in [1.165, 1.54) is 35.1 Å². The van der Waals surface area contributed by atoms with Gasteiger partial charge in [0, 0.05) is 11.3 Å². The summed E-state index contributed by atoms with van der Waals surface area (Å²) in [5, 5.41) is 2.98. The molecule has 0 aliphatic carbocycles. The zero-order valence-corrected chi connectivity index (χ0v) is 22.7. The van der Waals surface area contributed by atoms with Crippen LogP contribution >= 0.6 is 11.8 Å². The van der Waals surface area contributed by atoms with Crippen molar-refractivity contribution in [2.75, 3.05) is 16.0 Å². The number of nitrogens with zero attached hydrogens (tertiary/aromatic N) is 4. The highest BCUT2D eigenvalue weighted by atomic mass is 32.2. The summed E-state index contributed by atoms with van der Waals surface area (Å²) in [5.41, 5.74) is 9.03. The molecular weight excluding hydrogens is 557 g/mol. The fourth-order valence-corrected chi connectivity index (χ4v) is 4.65. The molecule has 3 N–H and O–H groups in total. The topological polar surface area (TPSA) is 122 Å². The van der Waals surface area contributed by atoms with Crippen molar-refractivity contribution in [1.82, 2.24) is 0 Å². The minimum absolute atomic E-state index is 0.129. The maximum atomic E-state index is 12.7. The third kappa shape index (κ3) is 7.94. The molecule has 0 atom stereocenters. The summed E-state index contributed by atoms with van der Waals surface area (Å²) >= 11 is 1.20. The molecule has 1 fully saturated rings. The van der Waals surface area contributed by atoms with E-state index in [4.69, 9.17) is 5.73 Å². The van der Waals surface area contributed by atoms with Crippen LogP contribution < -0.4 is 20.7 Å². The van der Waals surface area contributed by atoms with Gasteiger partial charge in [-0.15, -0.1) is 13.2 Å². The van der Waals surface area contributed by atoms with E-state index in [0.29, 0.717) is 27.8 Å². The summed E-state index contributed by atoms with van der Waals surface area (Å²) in [6, 6.07) is 18.4. The van der Waals surface area contributed by atoms with Gasteiger partial charge in [0.1, 0.15) is 17.9 Å². The Hall–Kier alpha value is -4.65. The van der Waals surface area contributed by atoms with Crippen LogP contribution in [0.1, 0.15) is 30.9 Å². The van der Waals surface area contributed by atoms with Gasteiger partial charge in [-0.05, 0) is 66.1 Å². The molecule has 3 aromatic carbocycles. The van der Waals surface area contributed by atoms with Crippen LogP contribution in [0.15, 0.2) is 87.8 Å². The Morgan fingerprint density at radius 2 is 1.76 bits per heavy atom. The highest BCUT2D eigenvalue weighted by Crippen LogP contribution is 2.33. The summed E-state index contributed by atoms with van der Waals surface area (Å²) < 4.78 is 40.6. The molecule has 0 radical (unpaired) electrons. The van der Waals surface area contributed by atoms with Gasteiger partial charge in [0.25, 0.3) is 0 Å². The van der Waals surface area contributed by atoms with Crippen molar-refractivity contribution >= 4 is 58.1 Å². The number of ether oxygens (including phenoxy) is 1. The molecule has 3 amide bonds. The van der Waals surface area contributed by atoms with E-state index >= 15 is 0 Å². The van der Waals surface area contributed by atoms with E-state index in [0.717, 1.165) is 17.7 Å². The highest BCUT2D eigenvalue weighted by Gasteiger charge is 2.32. The van der Waals surface area contributed by atoms with E-state index < -0.39 is 12.4 Å². The fourth-order valence-electron chi connectivity index (χ4n) is 3.79. The first-order chi connectivity index (χ1) is 19.5. The Balaban J connectivity index is 1.39. The van der Waals surface area contributed by atoms with Crippen molar-refractivity contribution in [3.63, 3.8) is 0 Å². The SMILES string of the molecule is CC(C)c1ccccc1N1C(=O)CS/C1=N/C(=O)Nc1ccc(C(N)=NC=Nc2ccc(OC(F)(F)F)cc2)cc1. The minimum atomic E-state index is -4.77. The molecule has 0 saturated carbocycles. The van der Waals surface area contributed by atoms with Crippen molar-refractivity contribution in [2.45, 2.75) is 26.1 Å². The lowest BCUT2D eigenvalue weighted by Gasteiger charge is -2.21. The quantitative estimate of drug-likeness (QED) is 0.245. The number of carbonyl (C=O) groups excluding carboxylic acids is 2. The molecule has 4 rings (SSSR count). The van der Waals surface area contributed by atoms with Gasteiger partial charge in [-0.3, -0.25) is 9.69 Å². The number of halogens is 3. The van der Waals surface area contributed by atoms with Gasteiger partial charge >= 0.3 is 12.4 Å². The lowest BCUT2D eigenvalue weighted by Crippen LogP contribution is -2.31. The number of amidine groups is 2. The third-order valence-corrected chi connectivity index (χ3v) is 6.59. The average molecular weight is 583 g/mol. The number of anilines is 2. The van der Waals surface area contributed by atoms with Gasteiger partial charge in [0.2, 0.25) is 5.91 Å². The number of thioether (sulfide) groups is 1. The van der Waals surface area contributed by atoms with Gasteiger partial charge in [0.05, 0.1) is 17.1 Å². The first-order valence-corrected chi connectivity index (χ1v) is 13.2. The second-order valence-corrected chi connectivity index (χ2v) is 9.88. The molecule has 1 aliphatic heterocycles. The van der Waals surface area contributed by atoms with Gasteiger partial charge in [-0.1, -0.05) is 43.8 Å². The van der Waals surface area contributed by atoms with Gasteiger partial charge in [-0.25, -0.2) is 14.8 Å². The molecule has 9 nitrogen and oxygen atoms in total. The molecule has 1 aliphatic rings. The Labute approximate surface area is 238 Å². The molecule has 0 spiro atoms. The molecule has 0 aromatic heterocycles. The number of urea groups is 1. The molecule has 13 heteroatoms. The zero-order valence-electron chi connectivity index (χ0n) is 21.9. The van der Waals surface area contributed by atoms with Gasteiger partial charge in [0.15, 0.2) is 5.17 Å². The van der Waals surface area contributed by atoms with Crippen LogP contribution in [-0.2, 0) is 4.79 Å². The van der Waals surface area contributed by atoms with Crippen LogP contribution in [0.2, 0.25) is 0 Å². The average Bonchev–Trinajstić information content (AvgIpc) is 3.28. The summed E-state index contributed by atoms with van der Waals surface area (Å²) in [4.78, 5) is 39.0. The number of nitrogens with one attached hydrogen (secondary N) is 1. The molecule has 0 unspecified atom stereocenters. The number of carbonyl (C=O) groups is 2. The van der Waals surface area contributed by atoms with Crippen LogP contribution in [0.3, 0.4) is 0 Å².